The lowest BCUT2D eigenvalue weighted by atomic mass is 9.90. The van der Waals surface area contributed by atoms with Crippen LogP contribution in [-0.4, -0.2) is 46.7 Å². The van der Waals surface area contributed by atoms with Crippen molar-refractivity contribution >= 4 is 5.97 Å². The highest BCUT2D eigenvalue weighted by molar-refractivity contribution is 5.79. The first-order valence-corrected chi connectivity index (χ1v) is 7.34. The fourth-order valence-corrected chi connectivity index (χ4v) is 3.46. The first-order chi connectivity index (χ1) is 8.61. The molecule has 0 saturated heterocycles. The minimum absolute atomic E-state index is 0.456. The van der Waals surface area contributed by atoms with Gasteiger partial charge in [0.1, 0.15) is 5.54 Å². The summed E-state index contributed by atoms with van der Waals surface area (Å²) in [6.45, 7) is 0. The van der Waals surface area contributed by atoms with E-state index in [0.29, 0.717) is 18.1 Å². The zero-order chi connectivity index (χ0) is 12.8. The van der Waals surface area contributed by atoms with Crippen LogP contribution in [0.1, 0.15) is 51.4 Å². The topological polar surface area (TPSA) is 52.6 Å². The fourth-order valence-electron chi connectivity index (χ4n) is 3.46. The average molecular weight is 252 g/mol. The summed E-state index contributed by atoms with van der Waals surface area (Å²) in [6.07, 6.45) is 8.83. The van der Waals surface area contributed by atoms with Gasteiger partial charge in [0.05, 0.1) is 0 Å². The summed E-state index contributed by atoms with van der Waals surface area (Å²) in [5, 5.41) is 13.0. The number of carboxylic acid groups (broad SMARTS) is 1. The summed E-state index contributed by atoms with van der Waals surface area (Å²) in [4.78, 5) is 14.1. The third-order valence-electron chi connectivity index (χ3n) is 5.18. The SMILES string of the molecule is CN(C1CCC1)C1CCC(NC2CC2)(C(=O)O)C1. The highest BCUT2D eigenvalue weighted by Crippen LogP contribution is 2.38. The molecule has 18 heavy (non-hydrogen) atoms. The van der Waals surface area contributed by atoms with Gasteiger partial charge in [-0.2, -0.15) is 0 Å². The summed E-state index contributed by atoms with van der Waals surface area (Å²) in [5.74, 6) is -0.640. The van der Waals surface area contributed by atoms with Crippen molar-refractivity contribution in [1.29, 1.82) is 0 Å². The molecule has 3 aliphatic carbocycles. The second kappa shape index (κ2) is 4.49. The van der Waals surface area contributed by atoms with E-state index in [0.717, 1.165) is 32.1 Å². The molecule has 0 aromatic heterocycles. The van der Waals surface area contributed by atoms with Crippen molar-refractivity contribution in [1.82, 2.24) is 10.2 Å². The zero-order valence-electron chi connectivity index (χ0n) is 11.2. The molecule has 102 valence electrons. The maximum Gasteiger partial charge on any atom is 0.323 e. The van der Waals surface area contributed by atoms with E-state index in [1.807, 2.05) is 0 Å². The van der Waals surface area contributed by atoms with Crippen LogP contribution in [0.15, 0.2) is 0 Å². The second-order valence-corrected chi connectivity index (χ2v) is 6.45. The predicted molar refractivity (Wildman–Crippen MR) is 69.6 cm³/mol. The molecule has 4 heteroatoms. The molecule has 0 spiro atoms. The largest absolute Gasteiger partial charge is 0.480 e. The summed E-state index contributed by atoms with van der Waals surface area (Å²) in [5.41, 5.74) is -0.635. The maximum absolute atomic E-state index is 11.6. The van der Waals surface area contributed by atoms with Crippen LogP contribution in [0.2, 0.25) is 0 Å². The van der Waals surface area contributed by atoms with Crippen molar-refractivity contribution in [2.24, 2.45) is 0 Å². The van der Waals surface area contributed by atoms with Gasteiger partial charge in [-0.15, -0.1) is 0 Å². The fraction of sp³-hybridized carbons (Fsp3) is 0.929. The molecule has 2 unspecified atom stereocenters. The molecule has 4 nitrogen and oxygen atoms in total. The van der Waals surface area contributed by atoms with Crippen molar-refractivity contribution in [3.05, 3.63) is 0 Å². The number of nitrogens with one attached hydrogen (secondary N) is 1. The first-order valence-electron chi connectivity index (χ1n) is 7.34. The molecular weight excluding hydrogens is 228 g/mol. The normalized spacial score (nSPS) is 36.9. The Hall–Kier alpha value is -0.610. The number of aliphatic carboxylic acids is 1. The van der Waals surface area contributed by atoms with Crippen LogP contribution in [0.5, 0.6) is 0 Å². The van der Waals surface area contributed by atoms with Crippen molar-refractivity contribution in [3.8, 4) is 0 Å². The predicted octanol–water partition coefficient (Wildman–Crippen LogP) is 1.60. The molecular formula is C14H24N2O2. The molecule has 3 fully saturated rings. The second-order valence-electron chi connectivity index (χ2n) is 6.45. The van der Waals surface area contributed by atoms with Gasteiger partial charge in [0, 0.05) is 18.1 Å². The van der Waals surface area contributed by atoms with E-state index in [9.17, 15) is 9.90 Å². The third kappa shape index (κ3) is 2.16. The Morgan fingerprint density at radius 3 is 2.44 bits per heavy atom. The Balaban J connectivity index is 1.64. The highest BCUT2D eigenvalue weighted by Gasteiger charge is 2.49. The van der Waals surface area contributed by atoms with E-state index in [1.165, 1.54) is 19.3 Å². The van der Waals surface area contributed by atoms with Gasteiger partial charge in [-0.05, 0) is 52.0 Å². The van der Waals surface area contributed by atoms with Crippen LogP contribution in [0.25, 0.3) is 0 Å². The van der Waals surface area contributed by atoms with Crippen molar-refractivity contribution in [2.45, 2.75) is 75.0 Å². The standard InChI is InChI=1S/C14H24N2O2/c1-16(11-3-2-4-11)12-7-8-14(9-12,13(17)18)15-10-5-6-10/h10-12,15H,2-9H2,1H3,(H,17,18). The van der Waals surface area contributed by atoms with Crippen LogP contribution < -0.4 is 5.32 Å². The molecule has 3 aliphatic rings. The van der Waals surface area contributed by atoms with E-state index in [-0.39, 0.29) is 0 Å². The highest BCUT2D eigenvalue weighted by atomic mass is 16.4. The van der Waals surface area contributed by atoms with Crippen LogP contribution >= 0.6 is 0 Å². The Labute approximate surface area is 109 Å². The Bertz CT molecular complexity index is 339. The monoisotopic (exact) mass is 252 g/mol. The minimum Gasteiger partial charge on any atom is -0.480 e. The molecule has 0 aliphatic heterocycles. The molecule has 0 radical (unpaired) electrons. The van der Waals surface area contributed by atoms with Crippen LogP contribution in [0.4, 0.5) is 0 Å². The maximum atomic E-state index is 11.6. The third-order valence-corrected chi connectivity index (χ3v) is 5.18. The number of carbonyl (C=O) groups is 1. The van der Waals surface area contributed by atoms with E-state index in [2.05, 4.69) is 17.3 Å². The smallest absolute Gasteiger partial charge is 0.323 e. The Kier molecular flexibility index (Phi) is 3.10. The zero-order valence-corrected chi connectivity index (χ0v) is 11.2. The number of rotatable bonds is 5. The molecule has 0 aromatic rings. The van der Waals surface area contributed by atoms with E-state index in [4.69, 9.17) is 0 Å². The van der Waals surface area contributed by atoms with Gasteiger partial charge in [-0.1, -0.05) is 6.42 Å². The number of hydrogen-bond acceptors (Lipinski definition) is 3. The lowest BCUT2D eigenvalue weighted by Crippen LogP contribution is -2.53. The lowest BCUT2D eigenvalue weighted by Gasteiger charge is -2.39. The van der Waals surface area contributed by atoms with Crippen molar-refractivity contribution < 1.29 is 9.90 Å². The number of nitrogens with zero attached hydrogens (tertiary/aromatic N) is 1. The Morgan fingerprint density at radius 1 is 1.22 bits per heavy atom. The van der Waals surface area contributed by atoms with E-state index < -0.39 is 11.5 Å². The van der Waals surface area contributed by atoms with Crippen LogP contribution in [0, 0.1) is 0 Å². The first kappa shape index (κ1) is 12.4. The van der Waals surface area contributed by atoms with Crippen molar-refractivity contribution in [3.63, 3.8) is 0 Å². The van der Waals surface area contributed by atoms with Gasteiger partial charge >= 0.3 is 5.97 Å². The number of hydrogen-bond donors (Lipinski definition) is 2. The molecule has 0 aromatic carbocycles. The minimum atomic E-state index is -0.640. The van der Waals surface area contributed by atoms with Crippen molar-refractivity contribution in [2.75, 3.05) is 7.05 Å². The molecule has 2 atom stereocenters. The molecule has 2 N–H and O–H groups in total. The van der Waals surface area contributed by atoms with Gasteiger partial charge in [0.2, 0.25) is 0 Å². The molecule has 0 heterocycles. The van der Waals surface area contributed by atoms with Crippen LogP contribution in [-0.2, 0) is 4.79 Å². The molecule has 0 amide bonds. The summed E-state index contributed by atoms with van der Waals surface area (Å²) in [6, 6.07) is 1.63. The van der Waals surface area contributed by atoms with Gasteiger partial charge in [0.15, 0.2) is 0 Å². The van der Waals surface area contributed by atoms with E-state index in [1.54, 1.807) is 0 Å². The van der Waals surface area contributed by atoms with Gasteiger partial charge in [-0.3, -0.25) is 10.1 Å². The average Bonchev–Trinajstić information content (AvgIpc) is 2.92. The summed E-state index contributed by atoms with van der Waals surface area (Å²) < 4.78 is 0. The molecule has 3 rings (SSSR count). The quantitative estimate of drug-likeness (QED) is 0.780. The number of carboxylic acids is 1. The summed E-state index contributed by atoms with van der Waals surface area (Å²) >= 11 is 0. The van der Waals surface area contributed by atoms with Gasteiger partial charge < -0.3 is 10.0 Å². The van der Waals surface area contributed by atoms with Gasteiger partial charge in [-0.25, -0.2) is 0 Å². The Morgan fingerprint density at radius 2 is 1.94 bits per heavy atom. The van der Waals surface area contributed by atoms with Gasteiger partial charge in [0.25, 0.3) is 0 Å². The molecule has 0 bridgehead atoms. The van der Waals surface area contributed by atoms with Crippen LogP contribution in [0.3, 0.4) is 0 Å². The van der Waals surface area contributed by atoms with E-state index >= 15 is 0 Å². The summed E-state index contributed by atoms with van der Waals surface area (Å²) in [7, 11) is 2.18. The molecule has 3 saturated carbocycles. The lowest BCUT2D eigenvalue weighted by molar-refractivity contribution is -0.145.